The van der Waals surface area contributed by atoms with Gasteiger partial charge in [0.25, 0.3) is 5.56 Å². The Hall–Kier alpha value is -2.61. The molecule has 2 rings (SSSR count). The van der Waals surface area contributed by atoms with Crippen LogP contribution in [0.3, 0.4) is 0 Å². The van der Waals surface area contributed by atoms with Crippen molar-refractivity contribution in [1.29, 1.82) is 0 Å². The lowest BCUT2D eigenvalue weighted by molar-refractivity contribution is 0.318. The third-order valence-electron chi connectivity index (χ3n) is 3.62. The molecular formula is C17H19N3O2. The second-order valence-electron chi connectivity index (χ2n) is 4.96. The molecule has 5 heteroatoms. The van der Waals surface area contributed by atoms with Crippen molar-refractivity contribution < 1.29 is 5.21 Å². The van der Waals surface area contributed by atoms with Crippen LogP contribution in [0.4, 0.5) is 0 Å². The van der Waals surface area contributed by atoms with Crippen LogP contribution in [0, 0.1) is 12.3 Å². The summed E-state index contributed by atoms with van der Waals surface area (Å²) in [6.45, 7) is 4.07. The van der Waals surface area contributed by atoms with Crippen molar-refractivity contribution in [2.75, 3.05) is 0 Å². The van der Waals surface area contributed by atoms with E-state index in [4.69, 9.17) is 11.6 Å². The maximum absolute atomic E-state index is 12.7. The van der Waals surface area contributed by atoms with Gasteiger partial charge in [-0.1, -0.05) is 37.1 Å². The van der Waals surface area contributed by atoms with E-state index in [0.29, 0.717) is 36.4 Å². The Bertz CT molecular complexity index is 761. The molecule has 1 aliphatic carbocycles. The molecule has 1 heterocycles. The van der Waals surface area contributed by atoms with Gasteiger partial charge in [0, 0.05) is 17.6 Å². The van der Waals surface area contributed by atoms with E-state index in [1.54, 1.807) is 6.08 Å². The van der Waals surface area contributed by atoms with Gasteiger partial charge in [-0.15, -0.1) is 6.42 Å². The highest BCUT2D eigenvalue weighted by atomic mass is 16.4. The van der Waals surface area contributed by atoms with E-state index < -0.39 is 0 Å². The highest BCUT2D eigenvalue weighted by molar-refractivity contribution is 6.04. The minimum atomic E-state index is -0.0929. The second kappa shape index (κ2) is 6.90. The molecule has 0 aromatic carbocycles. The van der Waals surface area contributed by atoms with Gasteiger partial charge in [0.1, 0.15) is 5.82 Å². The first kappa shape index (κ1) is 15.8. The average Bonchev–Trinajstić information content (AvgIpc) is 2.56. The smallest absolute Gasteiger partial charge is 0.258 e. The lowest BCUT2D eigenvalue weighted by Crippen LogP contribution is -2.29. The monoisotopic (exact) mass is 297 g/mol. The number of hydrogen-bond donors (Lipinski definition) is 1. The van der Waals surface area contributed by atoms with Crippen molar-refractivity contribution in [2.45, 2.75) is 39.7 Å². The van der Waals surface area contributed by atoms with Gasteiger partial charge < -0.3 is 5.21 Å². The maximum Gasteiger partial charge on any atom is 0.258 e. The SMILES string of the molecule is C#CCn1c(C2=CC(=NO)CC=C2)nc(CC)c(CC)c1=O. The molecule has 0 amide bonds. The largest absolute Gasteiger partial charge is 0.411 e. The summed E-state index contributed by atoms with van der Waals surface area (Å²) in [6.07, 6.45) is 12.7. The van der Waals surface area contributed by atoms with Crippen LogP contribution >= 0.6 is 0 Å². The molecular weight excluding hydrogens is 278 g/mol. The van der Waals surface area contributed by atoms with Crippen LogP contribution in [0.1, 0.15) is 37.4 Å². The summed E-state index contributed by atoms with van der Waals surface area (Å²) in [5.74, 6) is 3.03. The summed E-state index contributed by atoms with van der Waals surface area (Å²) in [5.41, 5.74) is 2.65. The molecule has 0 saturated heterocycles. The van der Waals surface area contributed by atoms with Crippen LogP contribution in [0.25, 0.3) is 5.57 Å². The number of allylic oxidation sites excluding steroid dienone is 4. The third-order valence-corrected chi connectivity index (χ3v) is 3.62. The molecule has 0 saturated carbocycles. The van der Waals surface area contributed by atoms with E-state index in [2.05, 4.69) is 16.1 Å². The molecule has 0 bridgehead atoms. The first-order valence-electron chi connectivity index (χ1n) is 7.31. The summed E-state index contributed by atoms with van der Waals surface area (Å²) < 4.78 is 1.51. The van der Waals surface area contributed by atoms with Crippen molar-refractivity contribution in [1.82, 2.24) is 9.55 Å². The Labute approximate surface area is 129 Å². The van der Waals surface area contributed by atoms with E-state index >= 15 is 0 Å². The number of nitrogens with zero attached hydrogens (tertiary/aromatic N) is 3. The van der Waals surface area contributed by atoms with Crippen LogP contribution in [0.5, 0.6) is 0 Å². The summed E-state index contributed by atoms with van der Waals surface area (Å²) in [4.78, 5) is 17.3. The number of aryl methyl sites for hydroxylation is 1. The molecule has 1 aliphatic rings. The molecule has 1 N–H and O–H groups in total. The van der Waals surface area contributed by atoms with Crippen LogP contribution in [0.2, 0.25) is 0 Å². The molecule has 0 unspecified atom stereocenters. The minimum Gasteiger partial charge on any atom is -0.411 e. The van der Waals surface area contributed by atoms with Gasteiger partial charge in [-0.3, -0.25) is 9.36 Å². The van der Waals surface area contributed by atoms with Crippen LogP contribution in [-0.4, -0.2) is 20.5 Å². The van der Waals surface area contributed by atoms with E-state index in [-0.39, 0.29) is 12.1 Å². The van der Waals surface area contributed by atoms with Gasteiger partial charge in [-0.2, -0.15) is 0 Å². The van der Waals surface area contributed by atoms with E-state index in [1.165, 1.54) is 4.57 Å². The summed E-state index contributed by atoms with van der Waals surface area (Å²) >= 11 is 0. The van der Waals surface area contributed by atoms with E-state index in [1.807, 2.05) is 26.0 Å². The van der Waals surface area contributed by atoms with E-state index in [9.17, 15) is 4.79 Å². The summed E-state index contributed by atoms with van der Waals surface area (Å²) in [5, 5.41) is 12.2. The second-order valence-corrected chi connectivity index (χ2v) is 4.96. The third kappa shape index (κ3) is 2.86. The minimum absolute atomic E-state index is 0.0929. The zero-order valence-electron chi connectivity index (χ0n) is 12.8. The molecule has 5 nitrogen and oxygen atoms in total. The van der Waals surface area contributed by atoms with Crippen LogP contribution < -0.4 is 5.56 Å². The molecule has 22 heavy (non-hydrogen) atoms. The molecule has 0 radical (unpaired) electrons. The molecule has 0 fully saturated rings. The fourth-order valence-electron chi connectivity index (χ4n) is 2.55. The Kier molecular flexibility index (Phi) is 4.95. The average molecular weight is 297 g/mol. The predicted molar refractivity (Wildman–Crippen MR) is 87.0 cm³/mol. The molecule has 114 valence electrons. The number of hydrogen-bond acceptors (Lipinski definition) is 4. The Balaban J connectivity index is 2.72. The lowest BCUT2D eigenvalue weighted by Gasteiger charge is -2.16. The molecule has 0 atom stereocenters. The molecule has 1 aromatic heterocycles. The van der Waals surface area contributed by atoms with E-state index in [0.717, 1.165) is 11.3 Å². The zero-order chi connectivity index (χ0) is 16.1. The summed E-state index contributed by atoms with van der Waals surface area (Å²) in [7, 11) is 0. The number of terminal acetylenes is 1. The van der Waals surface area contributed by atoms with Gasteiger partial charge in [-0.25, -0.2) is 4.98 Å². The Morgan fingerprint density at radius 1 is 1.45 bits per heavy atom. The van der Waals surface area contributed by atoms with Gasteiger partial charge in [-0.05, 0) is 18.9 Å². The van der Waals surface area contributed by atoms with Crippen molar-refractivity contribution >= 4 is 11.3 Å². The van der Waals surface area contributed by atoms with Crippen LogP contribution in [0.15, 0.2) is 28.2 Å². The van der Waals surface area contributed by atoms with Gasteiger partial charge in [0.2, 0.25) is 0 Å². The number of oxime groups is 1. The molecule has 0 aliphatic heterocycles. The number of rotatable bonds is 4. The fraction of sp³-hybridized carbons (Fsp3) is 0.353. The fourth-order valence-corrected chi connectivity index (χ4v) is 2.55. The predicted octanol–water partition coefficient (Wildman–Crippen LogP) is 2.17. The van der Waals surface area contributed by atoms with Crippen molar-refractivity contribution in [3.63, 3.8) is 0 Å². The van der Waals surface area contributed by atoms with Crippen molar-refractivity contribution in [3.8, 4) is 12.3 Å². The van der Waals surface area contributed by atoms with Crippen molar-refractivity contribution in [2.24, 2.45) is 5.16 Å². The normalized spacial score (nSPS) is 15.7. The highest BCUT2D eigenvalue weighted by Crippen LogP contribution is 2.19. The maximum atomic E-state index is 12.7. The number of aromatic nitrogens is 2. The van der Waals surface area contributed by atoms with Gasteiger partial charge in [0.15, 0.2) is 0 Å². The highest BCUT2D eigenvalue weighted by Gasteiger charge is 2.17. The Morgan fingerprint density at radius 3 is 2.82 bits per heavy atom. The first-order valence-corrected chi connectivity index (χ1v) is 7.31. The van der Waals surface area contributed by atoms with Crippen LogP contribution in [-0.2, 0) is 19.4 Å². The van der Waals surface area contributed by atoms with Crippen molar-refractivity contribution in [3.05, 3.63) is 45.7 Å². The topological polar surface area (TPSA) is 67.5 Å². The lowest BCUT2D eigenvalue weighted by atomic mass is 10.0. The standard InChI is InChI=1S/C17H19N3O2/c1-4-10-20-16(12-8-7-9-13(11-12)19-22)18-15(6-3)14(5-2)17(20)21/h1,7-8,11,22H,5-6,9-10H2,2-3H3. The van der Waals surface area contributed by atoms with Gasteiger partial charge in [0.05, 0.1) is 18.0 Å². The Morgan fingerprint density at radius 2 is 2.23 bits per heavy atom. The first-order chi connectivity index (χ1) is 10.7. The quantitative estimate of drug-likeness (QED) is 0.526. The molecule has 0 spiro atoms. The van der Waals surface area contributed by atoms with Gasteiger partial charge >= 0.3 is 0 Å². The zero-order valence-corrected chi connectivity index (χ0v) is 12.8. The summed E-state index contributed by atoms with van der Waals surface area (Å²) in [6, 6.07) is 0. The molecule has 1 aromatic rings.